The number of nitrogens with one attached hydrogen (secondary N) is 1. The fourth-order valence-electron chi connectivity index (χ4n) is 2.36. The zero-order chi connectivity index (χ0) is 14.0. The molecule has 0 spiro atoms. The van der Waals surface area contributed by atoms with E-state index >= 15 is 0 Å². The standard InChI is InChI=1S/C14H21N5/c1-6-12-10(3)18-19(11(12)4)8-14-16-9(2)7-13(15-5)17-14/h7H,6,8H2,1-5H3,(H,15,16,17). The van der Waals surface area contributed by atoms with E-state index in [0.29, 0.717) is 6.54 Å². The fraction of sp³-hybridized carbons (Fsp3) is 0.500. The van der Waals surface area contributed by atoms with Gasteiger partial charge in [-0.15, -0.1) is 0 Å². The molecule has 2 heterocycles. The molecule has 0 amide bonds. The predicted molar refractivity (Wildman–Crippen MR) is 76.5 cm³/mol. The number of aryl methyl sites for hydroxylation is 2. The molecule has 2 aromatic heterocycles. The molecule has 5 nitrogen and oxygen atoms in total. The third-order valence-corrected chi connectivity index (χ3v) is 3.33. The highest BCUT2D eigenvalue weighted by Crippen LogP contribution is 2.15. The van der Waals surface area contributed by atoms with E-state index in [1.54, 1.807) is 0 Å². The summed E-state index contributed by atoms with van der Waals surface area (Å²) in [5.74, 6) is 1.64. The van der Waals surface area contributed by atoms with Crippen LogP contribution in [0.1, 0.15) is 35.4 Å². The highest BCUT2D eigenvalue weighted by molar-refractivity contribution is 5.35. The van der Waals surface area contributed by atoms with Gasteiger partial charge in [0.05, 0.1) is 5.69 Å². The average Bonchev–Trinajstić information content (AvgIpc) is 2.63. The molecule has 0 saturated carbocycles. The lowest BCUT2D eigenvalue weighted by Crippen LogP contribution is -2.10. The quantitative estimate of drug-likeness (QED) is 0.915. The van der Waals surface area contributed by atoms with Crippen molar-refractivity contribution in [2.75, 3.05) is 12.4 Å². The number of aromatic nitrogens is 4. The maximum Gasteiger partial charge on any atom is 0.152 e. The van der Waals surface area contributed by atoms with Gasteiger partial charge in [0.2, 0.25) is 0 Å². The molecule has 0 radical (unpaired) electrons. The number of hydrogen-bond acceptors (Lipinski definition) is 4. The maximum absolute atomic E-state index is 4.58. The van der Waals surface area contributed by atoms with Crippen LogP contribution in [0.4, 0.5) is 5.82 Å². The van der Waals surface area contributed by atoms with Crippen LogP contribution >= 0.6 is 0 Å². The molecule has 19 heavy (non-hydrogen) atoms. The van der Waals surface area contributed by atoms with E-state index < -0.39 is 0 Å². The van der Waals surface area contributed by atoms with Gasteiger partial charge >= 0.3 is 0 Å². The molecule has 0 aliphatic heterocycles. The summed E-state index contributed by atoms with van der Waals surface area (Å²) in [6.07, 6.45) is 1.01. The van der Waals surface area contributed by atoms with Crippen molar-refractivity contribution in [2.24, 2.45) is 0 Å². The van der Waals surface area contributed by atoms with Gasteiger partial charge in [0.25, 0.3) is 0 Å². The zero-order valence-corrected chi connectivity index (χ0v) is 12.3. The summed E-state index contributed by atoms with van der Waals surface area (Å²) in [6.45, 7) is 8.91. The first kappa shape index (κ1) is 13.5. The first-order valence-corrected chi connectivity index (χ1v) is 6.60. The minimum Gasteiger partial charge on any atom is -0.373 e. The lowest BCUT2D eigenvalue weighted by molar-refractivity contribution is 0.629. The van der Waals surface area contributed by atoms with E-state index in [-0.39, 0.29) is 0 Å². The second-order valence-corrected chi connectivity index (χ2v) is 4.72. The van der Waals surface area contributed by atoms with E-state index in [9.17, 15) is 0 Å². The number of nitrogens with zero attached hydrogens (tertiary/aromatic N) is 4. The van der Waals surface area contributed by atoms with Crippen LogP contribution in [0.2, 0.25) is 0 Å². The summed E-state index contributed by atoms with van der Waals surface area (Å²) in [7, 11) is 1.87. The lowest BCUT2D eigenvalue weighted by atomic mass is 10.1. The molecule has 0 saturated heterocycles. The minimum absolute atomic E-state index is 0.614. The average molecular weight is 259 g/mol. The van der Waals surface area contributed by atoms with Crippen LogP contribution in [0.25, 0.3) is 0 Å². The van der Waals surface area contributed by atoms with Gasteiger partial charge in [0, 0.05) is 24.5 Å². The summed E-state index contributed by atoms with van der Waals surface area (Å²) >= 11 is 0. The third-order valence-electron chi connectivity index (χ3n) is 3.33. The summed E-state index contributed by atoms with van der Waals surface area (Å²) < 4.78 is 1.99. The molecular weight excluding hydrogens is 238 g/mol. The van der Waals surface area contributed by atoms with Crippen molar-refractivity contribution >= 4 is 5.82 Å². The van der Waals surface area contributed by atoms with Crippen molar-refractivity contribution in [3.8, 4) is 0 Å². The second-order valence-electron chi connectivity index (χ2n) is 4.72. The van der Waals surface area contributed by atoms with E-state index in [1.807, 2.05) is 24.7 Å². The Balaban J connectivity index is 2.33. The van der Waals surface area contributed by atoms with Crippen LogP contribution in [-0.2, 0) is 13.0 Å². The number of anilines is 1. The lowest BCUT2D eigenvalue weighted by Gasteiger charge is -2.07. The Labute approximate surface area is 114 Å². The van der Waals surface area contributed by atoms with Crippen molar-refractivity contribution in [2.45, 2.75) is 40.7 Å². The van der Waals surface area contributed by atoms with Crippen LogP contribution in [0.5, 0.6) is 0 Å². The molecule has 0 unspecified atom stereocenters. The number of rotatable bonds is 4. The largest absolute Gasteiger partial charge is 0.373 e. The van der Waals surface area contributed by atoms with Gasteiger partial charge in [-0.1, -0.05) is 6.92 Å². The SMILES string of the molecule is CCc1c(C)nn(Cc2nc(C)cc(NC)n2)c1C. The molecule has 0 bridgehead atoms. The molecule has 0 fully saturated rings. The van der Waals surface area contributed by atoms with E-state index in [4.69, 9.17) is 0 Å². The first-order chi connectivity index (χ1) is 9.05. The van der Waals surface area contributed by atoms with Gasteiger partial charge in [-0.05, 0) is 32.8 Å². The molecule has 0 aliphatic carbocycles. The molecule has 0 aromatic carbocycles. The van der Waals surface area contributed by atoms with Gasteiger partial charge in [-0.2, -0.15) is 5.10 Å². The minimum atomic E-state index is 0.614. The fourth-order valence-corrected chi connectivity index (χ4v) is 2.36. The molecule has 0 atom stereocenters. The Morgan fingerprint density at radius 2 is 1.95 bits per heavy atom. The Kier molecular flexibility index (Phi) is 3.83. The highest BCUT2D eigenvalue weighted by Gasteiger charge is 2.11. The molecule has 2 aromatic rings. The molecular formula is C14H21N5. The topological polar surface area (TPSA) is 55.6 Å². The van der Waals surface area contributed by atoms with Crippen LogP contribution in [0.15, 0.2) is 6.07 Å². The maximum atomic E-state index is 4.58. The predicted octanol–water partition coefficient (Wildman–Crippen LogP) is 2.25. The summed E-state index contributed by atoms with van der Waals surface area (Å²) in [6, 6.07) is 1.93. The normalized spacial score (nSPS) is 10.8. The van der Waals surface area contributed by atoms with Crippen molar-refractivity contribution in [3.63, 3.8) is 0 Å². The van der Waals surface area contributed by atoms with Gasteiger partial charge in [-0.25, -0.2) is 9.97 Å². The van der Waals surface area contributed by atoms with Crippen molar-refractivity contribution < 1.29 is 0 Å². The van der Waals surface area contributed by atoms with Crippen molar-refractivity contribution in [1.82, 2.24) is 19.7 Å². The monoisotopic (exact) mass is 259 g/mol. The molecule has 0 aliphatic rings. The van der Waals surface area contributed by atoms with Crippen LogP contribution in [0.3, 0.4) is 0 Å². The van der Waals surface area contributed by atoms with Crippen molar-refractivity contribution in [3.05, 3.63) is 34.5 Å². The van der Waals surface area contributed by atoms with Crippen molar-refractivity contribution in [1.29, 1.82) is 0 Å². The molecule has 5 heteroatoms. The summed E-state index contributed by atoms with van der Waals surface area (Å²) in [5.41, 5.74) is 4.59. The van der Waals surface area contributed by atoms with Crippen LogP contribution < -0.4 is 5.32 Å². The van der Waals surface area contributed by atoms with E-state index in [0.717, 1.165) is 29.5 Å². The molecule has 102 valence electrons. The molecule has 2 rings (SSSR count). The van der Waals surface area contributed by atoms with Crippen LogP contribution in [-0.4, -0.2) is 26.8 Å². The summed E-state index contributed by atoms with van der Waals surface area (Å²) in [5, 5.41) is 7.63. The smallest absolute Gasteiger partial charge is 0.152 e. The second kappa shape index (κ2) is 5.38. The highest BCUT2D eigenvalue weighted by atomic mass is 15.3. The van der Waals surface area contributed by atoms with Gasteiger partial charge in [0.1, 0.15) is 12.4 Å². The van der Waals surface area contributed by atoms with Crippen LogP contribution in [0, 0.1) is 20.8 Å². The Hall–Kier alpha value is -1.91. The van der Waals surface area contributed by atoms with E-state index in [2.05, 4.69) is 41.2 Å². The molecule has 1 N–H and O–H groups in total. The van der Waals surface area contributed by atoms with E-state index in [1.165, 1.54) is 11.3 Å². The van der Waals surface area contributed by atoms with Gasteiger partial charge in [-0.3, -0.25) is 4.68 Å². The Morgan fingerprint density at radius 3 is 2.53 bits per heavy atom. The van der Waals surface area contributed by atoms with Gasteiger partial charge < -0.3 is 5.32 Å². The van der Waals surface area contributed by atoms with Gasteiger partial charge in [0.15, 0.2) is 5.82 Å². The number of hydrogen-bond donors (Lipinski definition) is 1. The summed E-state index contributed by atoms with van der Waals surface area (Å²) in [4.78, 5) is 8.94. The first-order valence-electron chi connectivity index (χ1n) is 6.60. The Morgan fingerprint density at radius 1 is 1.21 bits per heavy atom. The third kappa shape index (κ3) is 2.75. The Bertz CT molecular complexity index is 586. The zero-order valence-electron chi connectivity index (χ0n) is 12.3.